The van der Waals surface area contributed by atoms with Crippen LogP contribution in [0.3, 0.4) is 0 Å². The first-order valence-corrected chi connectivity index (χ1v) is 5.64. The maximum Gasteiger partial charge on any atom is 0.328 e. The number of ketones is 2. The quantitative estimate of drug-likeness (QED) is 0.362. The van der Waals surface area contributed by atoms with Crippen LogP contribution in [0.4, 0.5) is 0 Å². The largest absolute Gasteiger partial charge is 0.361 e. The van der Waals surface area contributed by atoms with Gasteiger partial charge in [0.1, 0.15) is 0 Å². The lowest BCUT2D eigenvalue weighted by Gasteiger charge is -2.04. The molecule has 0 aromatic heterocycles. The summed E-state index contributed by atoms with van der Waals surface area (Å²) in [6.07, 6.45) is 0.775. The first-order chi connectivity index (χ1) is 9.24. The number of rotatable bonds is 4. The van der Waals surface area contributed by atoms with Crippen molar-refractivity contribution >= 4 is 17.8 Å². The summed E-state index contributed by atoms with van der Waals surface area (Å²) in [5, 5.41) is 0. The summed E-state index contributed by atoms with van der Waals surface area (Å²) >= 11 is 0. The lowest BCUT2D eigenvalue weighted by Crippen LogP contribution is -2.11. The highest BCUT2D eigenvalue weighted by molar-refractivity contribution is 6.36. The van der Waals surface area contributed by atoms with E-state index >= 15 is 0 Å². The monoisotopic (exact) mass is 250 g/mol. The Morgan fingerprint density at radius 1 is 0.895 bits per heavy atom. The van der Waals surface area contributed by atoms with Gasteiger partial charge in [-0.3, -0.25) is 9.59 Å². The Bertz CT molecular complexity index is 672. The number of carbonyl (C=O) groups is 2. The van der Waals surface area contributed by atoms with Gasteiger partial charge in [0.15, 0.2) is 5.78 Å². The Hall–Kier alpha value is -2.84. The third-order valence-electron chi connectivity index (χ3n) is 2.65. The zero-order valence-electron chi connectivity index (χ0n) is 9.98. The van der Waals surface area contributed by atoms with Crippen LogP contribution in [0.2, 0.25) is 0 Å². The molecule has 92 valence electrons. The zero-order chi connectivity index (χ0) is 13.7. The van der Waals surface area contributed by atoms with E-state index in [0.717, 1.165) is 6.21 Å². The Labute approximate surface area is 109 Å². The van der Waals surface area contributed by atoms with Crippen LogP contribution in [0.25, 0.3) is 5.53 Å². The van der Waals surface area contributed by atoms with Crippen molar-refractivity contribution in [1.29, 1.82) is 0 Å². The van der Waals surface area contributed by atoms with Gasteiger partial charge in [-0.15, -0.1) is 0 Å². The molecule has 0 fully saturated rings. The summed E-state index contributed by atoms with van der Waals surface area (Å²) < 4.78 is 0. The van der Waals surface area contributed by atoms with E-state index in [0.29, 0.717) is 11.1 Å². The van der Waals surface area contributed by atoms with Crippen molar-refractivity contribution in [2.45, 2.75) is 0 Å². The van der Waals surface area contributed by atoms with Crippen molar-refractivity contribution in [3.8, 4) is 0 Å². The lowest BCUT2D eigenvalue weighted by atomic mass is 9.96. The van der Waals surface area contributed by atoms with Gasteiger partial charge in [0.25, 0.3) is 5.78 Å². The minimum atomic E-state index is -0.512. The molecule has 2 aromatic carbocycles. The second-order valence-electron chi connectivity index (χ2n) is 3.85. The number of carbonyl (C=O) groups excluding carboxylic acids is 2. The van der Waals surface area contributed by atoms with E-state index in [1.54, 1.807) is 42.5 Å². The molecule has 0 saturated carbocycles. The van der Waals surface area contributed by atoms with Crippen molar-refractivity contribution in [1.82, 2.24) is 0 Å². The number of Topliss-reactive ketones (excluding diaryl/α,β-unsaturated/α-hetero) is 1. The van der Waals surface area contributed by atoms with Crippen LogP contribution in [0, 0.1) is 0 Å². The molecular formula is C15H10N2O2. The topological polar surface area (TPSA) is 70.5 Å². The molecule has 0 aliphatic carbocycles. The van der Waals surface area contributed by atoms with Crippen LogP contribution in [-0.4, -0.2) is 22.6 Å². The lowest BCUT2D eigenvalue weighted by molar-refractivity contribution is 0.00234. The third kappa shape index (κ3) is 2.70. The molecule has 0 aliphatic rings. The fraction of sp³-hybridized carbons (Fsp3) is 0. The maximum absolute atomic E-state index is 12.3. The van der Waals surface area contributed by atoms with E-state index in [-0.39, 0.29) is 11.3 Å². The summed E-state index contributed by atoms with van der Waals surface area (Å²) in [4.78, 5) is 26.8. The van der Waals surface area contributed by atoms with Gasteiger partial charge in [-0.25, -0.2) is 0 Å². The van der Waals surface area contributed by atoms with Crippen molar-refractivity contribution in [2.75, 3.05) is 0 Å². The minimum absolute atomic E-state index is 0.217. The van der Waals surface area contributed by atoms with Gasteiger partial charge >= 0.3 is 6.21 Å². The van der Waals surface area contributed by atoms with Gasteiger partial charge in [-0.05, 0) is 0 Å². The smallest absolute Gasteiger partial charge is 0.328 e. The molecule has 0 unspecified atom stereocenters. The van der Waals surface area contributed by atoms with Crippen LogP contribution < -0.4 is 0 Å². The maximum atomic E-state index is 12.3. The first-order valence-electron chi connectivity index (χ1n) is 5.64. The SMILES string of the molecule is [N-]=[N+]=CC(=O)c1ccccc1C(=O)c1ccccc1. The summed E-state index contributed by atoms with van der Waals surface area (Å²) in [5.74, 6) is -0.752. The molecule has 2 aromatic rings. The summed E-state index contributed by atoms with van der Waals surface area (Å²) in [7, 11) is 0. The third-order valence-corrected chi connectivity index (χ3v) is 2.65. The molecular weight excluding hydrogens is 240 g/mol. The van der Waals surface area contributed by atoms with Crippen LogP contribution in [0.1, 0.15) is 26.3 Å². The first kappa shape index (κ1) is 12.6. The van der Waals surface area contributed by atoms with Crippen molar-refractivity contribution in [3.05, 3.63) is 76.8 Å². The molecule has 4 heteroatoms. The number of hydrogen-bond acceptors (Lipinski definition) is 2. The molecule has 0 amide bonds. The van der Waals surface area contributed by atoms with Crippen LogP contribution in [0.5, 0.6) is 0 Å². The summed E-state index contributed by atoms with van der Waals surface area (Å²) in [5.41, 5.74) is 9.42. The normalized spacial score (nSPS) is 9.47. The standard InChI is InChI=1S/C15H10N2O2/c16-17-10-14(18)12-8-4-5-9-13(12)15(19)11-6-2-1-3-7-11/h1-10H. The van der Waals surface area contributed by atoms with Gasteiger partial charge < -0.3 is 5.53 Å². The highest BCUT2D eigenvalue weighted by atomic mass is 16.1. The predicted octanol–water partition coefficient (Wildman–Crippen LogP) is 2.40. The molecule has 0 radical (unpaired) electrons. The molecule has 0 spiro atoms. The Balaban J connectivity index is 2.49. The molecule has 0 bridgehead atoms. The Morgan fingerprint density at radius 2 is 1.47 bits per heavy atom. The van der Waals surface area contributed by atoms with Crippen molar-refractivity contribution in [2.24, 2.45) is 0 Å². The van der Waals surface area contributed by atoms with Gasteiger partial charge in [0, 0.05) is 16.7 Å². The zero-order valence-corrected chi connectivity index (χ0v) is 9.98. The second kappa shape index (κ2) is 5.67. The van der Waals surface area contributed by atoms with E-state index in [4.69, 9.17) is 5.53 Å². The fourth-order valence-electron chi connectivity index (χ4n) is 1.76. The highest BCUT2D eigenvalue weighted by Gasteiger charge is 2.18. The molecule has 0 N–H and O–H groups in total. The summed E-state index contributed by atoms with van der Waals surface area (Å²) in [6.45, 7) is 0. The molecule has 0 aliphatic heterocycles. The van der Waals surface area contributed by atoms with Crippen molar-refractivity contribution < 1.29 is 14.4 Å². The second-order valence-corrected chi connectivity index (χ2v) is 3.85. The van der Waals surface area contributed by atoms with Crippen LogP contribution >= 0.6 is 0 Å². The van der Waals surface area contributed by atoms with Crippen LogP contribution in [-0.2, 0) is 0 Å². The Morgan fingerprint density at radius 3 is 2.11 bits per heavy atom. The predicted molar refractivity (Wildman–Crippen MR) is 70.3 cm³/mol. The highest BCUT2D eigenvalue weighted by Crippen LogP contribution is 2.14. The molecule has 2 rings (SSSR count). The summed E-state index contributed by atoms with van der Waals surface area (Å²) in [6, 6.07) is 15.1. The number of benzene rings is 2. The van der Waals surface area contributed by atoms with E-state index < -0.39 is 5.78 Å². The fourth-order valence-corrected chi connectivity index (χ4v) is 1.76. The van der Waals surface area contributed by atoms with E-state index in [2.05, 4.69) is 4.79 Å². The molecule has 0 saturated heterocycles. The molecule has 0 atom stereocenters. The van der Waals surface area contributed by atoms with Crippen LogP contribution in [0.15, 0.2) is 54.6 Å². The van der Waals surface area contributed by atoms with Crippen molar-refractivity contribution in [3.63, 3.8) is 0 Å². The van der Waals surface area contributed by atoms with E-state index in [1.165, 1.54) is 6.07 Å². The molecule has 0 heterocycles. The Kier molecular flexibility index (Phi) is 3.76. The van der Waals surface area contributed by atoms with E-state index in [1.807, 2.05) is 6.07 Å². The van der Waals surface area contributed by atoms with Gasteiger partial charge in [0.2, 0.25) is 0 Å². The molecule has 19 heavy (non-hydrogen) atoms. The van der Waals surface area contributed by atoms with E-state index in [9.17, 15) is 9.59 Å². The van der Waals surface area contributed by atoms with Gasteiger partial charge in [-0.2, -0.15) is 4.79 Å². The number of hydrogen-bond donors (Lipinski definition) is 0. The number of nitrogens with zero attached hydrogens (tertiary/aromatic N) is 2. The molecule has 4 nitrogen and oxygen atoms in total. The van der Waals surface area contributed by atoms with Gasteiger partial charge in [0.05, 0.1) is 0 Å². The average molecular weight is 250 g/mol. The average Bonchev–Trinajstić information content (AvgIpc) is 2.47. The van der Waals surface area contributed by atoms with Gasteiger partial charge in [-0.1, -0.05) is 54.6 Å². The minimum Gasteiger partial charge on any atom is -0.361 e.